The van der Waals surface area contributed by atoms with Crippen molar-refractivity contribution in [1.82, 2.24) is 4.98 Å². The predicted octanol–water partition coefficient (Wildman–Crippen LogP) is 0.795. The van der Waals surface area contributed by atoms with Crippen molar-refractivity contribution < 1.29 is 29.0 Å². The lowest BCUT2D eigenvalue weighted by Crippen LogP contribution is -2.31. The number of carbonyl (C=O) groups excluding carboxylic acids is 4. The molecule has 1 aliphatic heterocycles. The maximum Gasteiger partial charge on any atom is 0.308 e. The highest BCUT2D eigenvalue weighted by molar-refractivity contribution is 8.00. The first-order valence-electron chi connectivity index (χ1n) is 7.85. The van der Waals surface area contributed by atoms with Gasteiger partial charge in [-0.3, -0.25) is 14.4 Å². The van der Waals surface area contributed by atoms with E-state index in [2.05, 4.69) is 4.98 Å². The number of rotatable bonds is 5. The molecule has 3 rings (SSSR count). The summed E-state index contributed by atoms with van der Waals surface area (Å²) >= 11 is 0.915. The number of carboxylic acids is 1. The Kier molecular flexibility index (Phi) is 5.22. The minimum Gasteiger partial charge on any atom is -0.545 e. The number of carboxylic acid groups (broad SMARTS) is 1. The van der Waals surface area contributed by atoms with Gasteiger partial charge in [0.05, 0.1) is 16.9 Å². The molecule has 9 heteroatoms. The first-order chi connectivity index (χ1) is 12.9. The van der Waals surface area contributed by atoms with Crippen molar-refractivity contribution in [2.45, 2.75) is 23.6 Å². The maximum atomic E-state index is 12.7. The number of benzene rings is 1. The molecule has 1 aromatic carbocycles. The molecule has 1 atom stereocenters. The monoisotopic (exact) mass is 385 g/mol. The molecule has 0 spiro atoms. The summed E-state index contributed by atoms with van der Waals surface area (Å²) in [4.78, 5) is 52.1. The largest absolute Gasteiger partial charge is 0.545 e. The molecule has 27 heavy (non-hydrogen) atoms. The summed E-state index contributed by atoms with van der Waals surface area (Å²) in [7, 11) is 0. The normalized spacial score (nSPS) is 16.5. The molecular weight excluding hydrogens is 372 g/mol. The van der Waals surface area contributed by atoms with Gasteiger partial charge in [0, 0.05) is 25.1 Å². The fourth-order valence-corrected chi connectivity index (χ4v) is 3.67. The standard InChI is InChI=1S/C18H14N2O6S/c1-10(21)26-12-6-4-11(5-7-12)20-15(22)9-14(17(20)23)27-16-13(18(24)25)3-2-8-19-16/h2-8,14H,9H2,1H3,(H,24,25)/p-1/t14-/m0/s1. The molecule has 1 fully saturated rings. The number of ether oxygens (including phenoxy) is 1. The Balaban J connectivity index is 1.79. The Morgan fingerprint density at radius 2 is 1.93 bits per heavy atom. The van der Waals surface area contributed by atoms with Crippen LogP contribution in [-0.4, -0.2) is 34.0 Å². The summed E-state index contributed by atoms with van der Waals surface area (Å²) in [6, 6.07) is 8.73. The van der Waals surface area contributed by atoms with Gasteiger partial charge < -0.3 is 14.6 Å². The summed E-state index contributed by atoms with van der Waals surface area (Å²) < 4.78 is 4.92. The number of pyridine rings is 1. The van der Waals surface area contributed by atoms with Gasteiger partial charge in [0.15, 0.2) is 0 Å². The number of aromatic nitrogens is 1. The molecular formula is C18H13N2O6S-. The molecule has 8 nitrogen and oxygen atoms in total. The molecule has 2 aromatic rings. The van der Waals surface area contributed by atoms with Gasteiger partial charge in [-0.1, -0.05) is 11.8 Å². The van der Waals surface area contributed by atoms with Gasteiger partial charge in [-0.25, -0.2) is 9.88 Å². The molecule has 0 N–H and O–H groups in total. The summed E-state index contributed by atoms with van der Waals surface area (Å²) in [5.74, 6) is -2.47. The molecule has 0 saturated carbocycles. The second kappa shape index (κ2) is 7.58. The number of hydrogen-bond donors (Lipinski definition) is 0. The van der Waals surface area contributed by atoms with Crippen molar-refractivity contribution in [3.63, 3.8) is 0 Å². The topological polar surface area (TPSA) is 117 Å². The van der Waals surface area contributed by atoms with Crippen LogP contribution in [0.4, 0.5) is 5.69 Å². The fraction of sp³-hybridized carbons (Fsp3) is 0.167. The van der Waals surface area contributed by atoms with Crippen LogP contribution in [0.2, 0.25) is 0 Å². The Hall–Kier alpha value is -3.20. The number of thioether (sulfide) groups is 1. The second-order valence-electron chi connectivity index (χ2n) is 5.61. The average molecular weight is 385 g/mol. The van der Waals surface area contributed by atoms with Crippen LogP contribution in [0.15, 0.2) is 47.6 Å². The number of anilines is 1. The fourth-order valence-electron chi connectivity index (χ4n) is 2.57. The highest BCUT2D eigenvalue weighted by Gasteiger charge is 2.40. The van der Waals surface area contributed by atoms with E-state index >= 15 is 0 Å². The van der Waals surface area contributed by atoms with Crippen LogP contribution < -0.4 is 14.7 Å². The minimum atomic E-state index is -1.40. The van der Waals surface area contributed by atoms with E-state index < -0.39 is 29.0 Å². The maximum absolute atomic E-state index is 12.7. The van der Waals surface area contributed by atoms with Crippen LogP contribution in [0, 0.1) is 0 Å². The Morgan fingerprint density at radius 1 is 1.22 bits per heavy atom. The van der Waals surface area contributed by atoms with Gasteiger partial charge >= 0.3 is 5.97 Å². The van der Waals surface area contributed by atoms with Gasteiger partial charge in [-0.2, -0.15) is 0 Å². The first kappa shape index (κ1) is 18.6. The number of hydrogen-bond acceptors (Lipinski definition) is 8. The molecule has 0 unspecified atom stereocenters. The summed E-state index contributed by atoms with van der Waals surface area (Å²) in [6.45, 7) is 1.27. The molecule has 2 amide bonds. The zero-order chi connectivity index (χ0) is 19.6. The third-order valence-electron chi connectivity index (χ3n) is 3.71. The number of nitrogens with zero attached hydrogens (tertiary/aromatic N) is 2. The van der Waals surface area contributed by atoms with Gasteiger partial charge in [-0.15, -0.1) is 0 Å². The van der Waals surface area contributed by atoms with E-state index in [9.17, 15) is 24.3 Å². The van der Waals surface area contributed by atoms with E-state index in [1.165, 1.54) is 49.5 Å². The molecule has 0 aliphatic carbocycles. The molecule has 0 radical (unpaired) electrons. The Morgan fingerprint density at radius 3 is 2.56 bits per heavy atom. The van der Waals surface area contributed by atoms with Crippen LogP contribution in [-0.2, 0) is 14.4 Å². The van der Waals surface area contributed by atoms with Crippen molar-refractivity contribution in [3.05, 3.63) is 48.2 Å². The Labute approximate surface area is 158 Å². The third-order valence-corrected chi connectivity index (χ3v) is 4.91. The van der Waals surface area contributed by atoms with Gasteiger partial charge in [0.25, 0.3) is 0 Å². The number of esters is 1. The molecule has 1 aliphatic rings. The lowest BCUT2D eigenvalue weighted by molar-refractivity contribution is -0.255. The third kappa shape index (κ3) is 3.98. The number of carbonyl (C=O) groups is 4. The molecule has 138 valence electrons. The van der Waals surface area contributed by atoms with Crippen molar-refractivity contribution in [2.24, 2.45) is 0 Å². The van der Waals surface area contributed by atoms with Gasteiger partial charge in [-0.05, 0) is 36.4 Å². The van der Waals surface area contributed by atoms with Crippen molar-refractivity contribution in [2.75, 3.05) is 4.90 Å². The molecule has 1 saturated heterocycles. The molecule has 1 aromatic heterocycles. The van der Waals surface area contributed by atoms with E-state index in [1.54, 1.807) is 0 Å². The van der Waals surface area contributed by atoms with E-state index in [-0.39, 0.29) is 17.0 Å². The van der Waals surface area contributed by atoms with E-state index in [0.717, 1.165) is 16.7 Å². The lowest BCUT2D eigenvalue weighted by Gasteiger charge is -2.16. The van der Waals surface area contributed by atoms with Crippen LogP contribution in [0.3, 0.4) is 0 Å². The predicted molar refractivity (Wildman–Crippen MR) is 93.1 cm³/mol. The zero-order valence-corrected chi connectivity index (χ0v) is 14.9. The van der Waals surface area contributed by atoms with E-state index in [4.69, 9.17) is 4.74 Å². The molecule has 2 heterocycles. The van der Waals surface area contributed by atoms with Crippen molar-refractivity contribution in [3.8, 4) is 5.75 Å². The van der Waals surface area contributed by atoms with Crippen LogP contribution in [0.5, 0.6) is 5.75 Å². The quantitative estimate of drug-likeness (QED) is 0.421. The van der Waals surface area contributed by atoms with Gasteiger partial charge in [0.1, 0.15) is 10.8 Å². The summed E-state index contributed by atoms with van der Waals surface area (Å²) in [6.07, 6.45) is 1.32. The smallest absolute Gasteiger partial charge is 0.308 e. The molecule has 0 bridgehead atoms. The van der Waals surface area contributed by atoms with E-state index in [0.29, 0.717) is 11.4 Å². The lowest BCUT2D eigenvalue weighted by atomic mass is 10.3. The van der Waals surface area contributed by atoms with Gasteiger partial charge in [0.2, 0.25) is 11.8 Å². The highest BCUT2D eigenvalue weighted by atomic mass is 32.2. The number of amides is 2. The number of imide groups is 1. The second-order valence-corrected chi connectivity index (χ2v) is 6.80. The number of aromatic carboxylic acids is 1. The highest BCUT2D eigenvalue weighted by Crippen LogP contribution is 2.34. The van der Waals surface area contributed by atoms with E-state index in [1.807, 2.05) is 0 Å². The van der Waals surface area contributed by atoms with Crippen molar-refractivity contribution in [1.29, 1.82) is 0 Å². The summed E-state index contributed by atoms with van der Waals surface area (Å²) in [5.41, 5.74) is 0.206. The Bertz CT molecular complexity index is 928. The average Bonchev–Trinajstić information content (AvgIpc) is 2.89. The first-order valence-corrected chi connectivity index (χ1v) is 8.73. The zero-order valence-electron chi connectivity index (χ0n) is 14.1. The minimum absolute atomic E-state index is 0.0851. The van der Waals surface area contributed by atoms with Crippen LogP contribution in [0.1, 0.15) is 23.7 Å². The van der Waals surface area contributed by atoms with Crippen LogP contribution >= 0.6 is 11.8 Å². The summed E-state index contributed by atoms with van der Waals surface area (Å²) in [5, 5.41) is 10.5. The van der Waals surface area contributed by atoms with Crippen molar-refractivity contribution >= 4 is 41.2 Å². The van der Waals surface area contributed by atoms with Crippen LogP contribution in [0.25, 0.3) is 0 Å². The SMILES string of the molecule is CC(=O)Oc1ccc(N2C(=O)C[C@H](Sc3ncccc3C(=O)[O-])C2=O)cc1.